The number of hydrogen-bond acceptors (Lipinski definition) is 5. The number of esters is 1. The van der Waals surface area contributed by atoms with Crippen LogP contribution in [0.1, 0.15) is 18.9 Å². The molecule has 0 radical (unpaired) electrons. The fraction of sp³-hybridized carbons (Fsp3) is 0.357. The Bertz CT molecular complexity index is 693. The van der Waals surface area contributed by atoms with Crippen molar-refractivity contribution in [3.05, 3.63) is 23.8 Å². The zero-order chi connectivity index (χ0) is 18.1. The second-order valence-corrected chi connectivity index (χ2v) is 6.29. The molecule has 0 spiro atoms. The molecule has 1 heterocycles. The first-order valence-electron chi connectivity index (χ1n) is 6.75. The molecule has 2 amide bonds. The number of benzene rings is 1. The van der Waals surface area contributed by atoms with E-state index < -0.39 is 40.9 Å². The van der Waals surface area contributed by atoms with Crippen LogP contribution in [-0.4, -0.2) is 29.1 Å². The summed E-state index contributed by atoms with van der Waals surface area (Å²) in [5.74, 6) is -2.24. The van der Waals surface area contributed by atoms with Gasteiger partial charge in [0.05, 0.1) is 22.9 Å². The smallest absolute Gasteiger partial charge is 0.416 e. The third-order valence-electron chi connectivity index (χ3n) is 3.19. The second-order valence-electron chi connectivity index (χ2n) is 5.04. The van der Waals surface area contributed by atoms with Gasteiger partial charge in [-0.3, -0.25) is 14.4 Å². The first-order chi connectivity index (χ1) is 11.1. The molecule has 0 fully saturated rings. The fourth-order valence-electron chi connectivity index (χ4n) is 1.92. The molecular weight excluding hydrogens is 349 g/mol. The van der Waals surface area contributed by atoms with Gasteiger partial charge in [-0.1, -0.05) is 0 Å². The van der Waals surface area contributed by atoms with E-state index in [1.54, 1.807) is 0 Å². The molecule has 1 aliphatic heterocycles. The van der Waals surface area contributed by atoms with Crippen LogP contribution in [0.3, 0.4) is 0 Å². The van der Waals surface area contributed by atoms with Crippen molar-refractivity contribution in [3.63, 3.8) is 0 Å². The fourth-order valence-corrected chi connectivity index (χ4v) is 2.99. The van der Waals surface area contributed by atoms with Crippen LogP contribution in [0.5, 0.6) is 0 Å². The molecule has 0 saturated heterocycles. The number of amides is 2. The Morgan fingerprint density at radius 3 is 2.67 bits per heavy atom. The van der Waals surface area contributed by atoms with Gasteiger partial charge in [-0.15, -0.1) is 11.8 Å². The highest BCUT2D eigenvalue weighted by Gasteiger charge is 2.34. The van der Waals surface area contributed by atoms with Crippen molar-refractivity contribution in [2.24, 2.45) is 5.73 Å². The van der Waals surface area contributed by atoms with Gasteiger partial charge in [0.15, 0.2) is 6.10 Å². The number of halogens is 3. The normalized spacial score (nSPS) is 18.3. The molecule has 2 atom stereocenters. The summed E-state index contributed by atoms with van der Waals surface area (Å²) in [7, 11) is 0. The maximum absolute atomic E-state index is 12.7. The molecular formula is C14H13F3N2O4S. The Kier molecular flexibility index (Phi) is 5.07. The molecule has 0 bridgehead atoms. The van der Waals surface area contributed by atoms with Gasteiger partial charge in [-0.25, -0.2) is 0 Å². The lowest BCUT2D eigenvalue weighted by Gasteiger charge is -2.24. The number of alkyl halides is 3. The number of hydrogen-bond donors (Lipinski definition) is 2. The lowest BCUT2D eigenvalue weighted by Crippen LogP contribution is -2.35. The largest absolute Gasteiger partial charge is 0.453 e. The van der Waals surface area contributed by atoms with Gasteiger partial charge in [0, 0.05) is 4.90 Å². The van der Waals surface area contributed by atoms with Crippen molar-refractivity contribution in [1.82, 2.24) is 0 Å². The second kappa shape index (κ2) is 6.71. The summed E-state index contributed by atoms with van der Waals surface area (Å²) in [4.78, 5) is 34.9. The highest BCUT2D eigenvalue weighted by atomic mass is 32.2. The molecule has 2 rings (SSSR count). The minimum absolute atomic E-state index is 0.0370. The predicted octanol–water partition coefficient (Wildman–Crippen LogP) is 1.93. The number of ether oxygens (including phenoxy) is 1. The quantitative estimate of drug-likeness (QED) is 0.798. The number of rotatable bonds is 4. The highest BCUT2D eigenvalue weighted by Crippen LogP contribution is 2.40. The van der Waals surface area contributed by atoms with Crippen LogP contribution < -0.4 is 11.1 Å². The van der Waals surface area contributed by atoms with Crippen molar-refractivity contribution < 1.29 is 32.3 Å². The molecule has 1 aromatic rings. The SMILES string of the molecule is C[C@H](OC(=O)C[C@@H]1Sc2ccc(C(F)(F)F)cc2NC1=O)C(N)=O. The standard InChI is InChI=1S/C14H13F3N2O4S/c1-6(12(18)21)23-11(20)5-10-13(22)19-8-4-7(14(15,16)17)2-3-9(8)24-10/h2-4,6,10H,5H2,1H3,(H2,18,21)(H,19,22)/t6-,10-/m0/s1. The van der Waals surface area contributed by atoms with E-state index in [2.05, 4.69) is 5.32 Å². The van der Waals surface area contributed by atoms with E-state index in [0.29, 0.717) is 4.90 Å². The van der Waals surface area contributed by atoms with Crippen LogP contribution in [0, 0.1) is 0 Å². The summed E-state index contributed by atoms with van der Waals surface area (Å²) in [5, 5.41) is 1.47. The first kappa shape index (κ1) is 18.1. The number of anilines is 1. The third kappa shape index (κ3) is 4.19. The van der Waals surface area contributed by atoms with Crippen molar-refractivity contribution in [3.8, 4) is 0 Å². The zero-order valence-electron chi connectivity index (χ0n) is 12.3. The van der Waals surface area contributed by atoms with Crippen molar-refractivity contribution in [2.75, 3.05) is 5.32 Å². The average Bonchev–Trinajstić information content (AvgIpc) is 2.46. The van der Waals surface area contributed by atoms with Crippen molar-refractivity contribution >= 4 is 35.2 Å². The van der Waals surface area contributed by atoms with Gasteiger partial charge >= 0.3 is 12.1 Å². The Morgan fingerprint density at radius 1 is 1.42 bits per heavy atom. The molecule has 10 heteroatoms. The molecule has 3 N–H and O–H groups in total. The van der Waals surface area contributed by atoms with Crippen molar-refractivity contribution in [1.29, 1.82) is 0 Å². The monoisotopic (exact) mass is 362 g/mol. The maximum Gasteiger partial charge on any atom is 0.416 e. The molecule has 130 valence electrons. The Labute approximate surface area is 138 Å². The molecule has 1 aromatic carbocycles. The van der Waals surface area contributed by atoms with E-state index in [0.717, 1.165) is 23.9 Å². The number of primary amides is 1. The van der Waals surface area contributed by atoms with Crippen LogP contribution in [0.2, 0.25) is 0 Å². The number of nitrogens with two attached hydrogens (primary N) is 1. The van der Waals surface area contributed by atoms with E-state index in [-0.39, 0.29) is 12.1 Å². The molecule has 0 aliphatic carbocycles. The number of thioether (sulfide) groups is 1. The Hall–Kier alpha value is -2.23. The van der Waals surface area contributed by atoms with Gasteiger partial charge < -0.3 is 15.8 Å². The predicted molar refractivity (Wildman–Crippen MR) is 79.1 cm³/mol. The van der Waals surface area contributed by atoms with Crippen LogP contribution in [0.15, 0.2) is 23.1 Å². The Balaban J connectivity index is 2.09. The summed E-state index contributed by atoms with van der Waals surface area (Å²) >= 11 is 0.952. The summed E-state index contributed by atoms with van der Waals surface area (Å²) in [6.07, 6.45) is -5.99. The first-order valence-corrected chi connectivity index (χ1v) is 7.63. The zero-order valence-corrected chi connectivity index (χ0v) is 13.2. The maximum atomic E-state index is 12.7. The number of nitrogens with one attached hydrogen (secondary N) is 1. The van der Waals surface area contributed by atoms with E-state index in [9.17, 15) is 27.6 Å². The summed E-state index contributed by atoms with van der Waals surface area (Å²) < 4.78 is 42.8. The number of fused-ring (bicyclic) bond motifs is 1. The molecule has 24 heavy (non-hydrogen) atoms. The van der Waals surface area contributed by atoms with E-state index in [4.69, 9.17) is 10.5 Å². The molecule has 0 saturated carbocycles. The van der Waals surface area contributed by atoms with Gasteiger partial charge in [-0.05, 0) is 25.1 Å². The molecule has 0 aromatic heterocycles. The van der Waals surface area contributed by atoms with Gasteiger partial charge in [-0.2, -0.15) is 13.2 Å². The average molecular weight is 362 g/mol. The van der Waals surface area contributed by atoms with E-state index in [1.807, 2.05) is 0 Å². The molecule has 6 nitrogen and oxygen atoms in total. The van der Waals surface area contributed by atoms with Gasteiger partial charge in [0.2, 0.25) is 5.91 Å². The summed E-state index contributed by atoms with van der Waals surface area (Å²) in [6.45, 7) is 1.29. The van der Waals surface area contributed by atoms with Crippen molar-refractivity contribution in [2.45, 2.75) is 35.8 Å². The topological polar surface area (TPSA) is 98.5 Å². The number of carbonyl (C=O) groups is 3. The molecule has 0 unspecified atom stereocenters. The van der Waals surface area contributed by atoms with Crippen LogP contribution >= 0.6 is 11.8 Å². The van der Waals surface area contributed by atoms with Crippen LogP contribution in [0.4, 0.5) is 18.9 Å². The third-order valence-corrected chi connectivity index (χ3v) is 4.46. The molecule has 1 aliphatic rings. The summed E-state index contributed by atoms with van der Waals surface area (Å²) in [6, 6.07) is 2.96. The van der Waals surface area contributed by atoms with E-state index in [1.165, 1.54) is 13.0 Å². The highest BCUT2D eigenvalue weighted by molar-refractivity contribution is 8.01. The Morgan fingerprint density at radius 2 is 2.08 bits per heavy atom. The summed E-state index contributed by atoms with van der Waals surface area (Å²) in [5.41, 5.74) is 4.12. The van der Waals surface area contributed by atoms with E-state index >= 15 is 0 Å². The van der Waals surface area contributed by atoms with Gasteiger partial charge in [0.1, 0.15) is 0 Å². The number of carbonyl (C=O) groups excluding carboxylic acids is 3. The minimum atomic E-state index is -4.52. The lowest BCUT2D eigenvalue weighted by molar-refractivity contribution is -0.154. The lowest BCUT2D eigenvalue weighted by atomic mass is 10.1. The minimum Gasteiger partial charge on any atom is -0.453 e. The van der Waals surface area contributed by atoms with Gasteiger partial charge in [0.25, 0.3) is 5.91 Å². The van der Waals surface area contributed by atoms with Crippen LogP contribution in [0.25, 0.3) is 0 Å². The van der Waals surface area contributed by atoms with Crippen LogP contribution in [-0.2, 0) is 25.3 Å².